The van der Waals surface area contributed by atoms with E-state index in [2.05, 4.69) is 12.3 Å². The zero-order valence-corrected chi connectivity index (χ0v) is 9.51. The molecule has 0 bridgehead atoms. The lowest BCUT2D eigenvalue weighted by Crippen LogP contribution is -2.38. The van der Waals surface area contributed by atoms with Crippen LogP contribution in [0.5, 0.6) is 0 Å². The molecule has 1 aromatic carbocycles. The summed E-state index contributed by atoms with van der Waals surface area (Å²) in [4.78, 5) is 10.9. The summed E-state index contributed by atoms with van der Waals surface area (Å²) in [5.41, 5.74) is 4.27. The number of nitrogens with one attached hydrogen (secondary N) is 1. The van der Waals surface area contributed by atoms with Crippen molar-refractivity contribution in [3.8, 4) is 0 Å². The molecule has 2 rings (SSSR count). The Kier molecular flexibility index (Phi) is 3.10. The highest BCUT2D eigenvalue weighted by Gasteiger charge is 2.31. The summed E-state index contributed by atoms with van der Waals surface area (Å²) in [5, 5.41) is 2.01. The fourth-order valence-corrected chi connectivity index (χ4v) is 1.83. The van der Waals surface area contributed by atoms with Gasteiger partial charge in [0, 0.05) is 19.4 Å². The molecule has 86 valence electrons. The van der Waals surface area contributed by atoms with Crippen molar-refractivity contribution in [3.63, 3.8) is 0 Å². The molecule has 16 heavy (non-hydrogen) atoms. The maximum Gasteiger partial charge on any atom is 0.304 e. The third-order valence-corrected chi connectivity index (χ3v) is 2.63. The van der Waals surface area contributed by atoms with E-state index in [-0.39, 0.29) is 18.1 Å². The van der Waals surface area contributed by atoms with Crippen molar-refractivity contribution in [3.05, 3.63) is 30.3 Å². The fourth-order valence-electron chi connectivity index (χ4n) is 1.83. The van der Waals surface area contributed by atoms with E-state index < -0.39 is 0 Å². The molecule has 1 fully saturated rings. The van der Waals surface area contributed by atoms with E-state index in [4.69, 9.17) is 4.74 Å². The summed E-state index contributed by atoms with van der Waals surface area (Å²) in [7, 11) is 0. The molecular formula is C12H16N2O2. The number of anilines is 1. The highest BCUT2D eigenvalue weighted by Crippen LogP contribution is 2.21. The van der Waals surface area contributed by atoms with E-state index in [0.717, 1.165) is 12.2 Å². The van der Waals surface area contributed by atoms with Crippen LogP contribution in [-0.4, -0.2) is 18.7 Å². The second-order valence-electron chi connectivity index (χ2n) is 4.08. The molecular weight excluding hydrogens is 204 g/mol. The Hall–Kier alpha value is -1.55. The van der Waals surface area contributed by atoms with Crippen LogP contribution in [0.1, 0.15) is 13.8 Å². The van der Waals surface area contributed by atoms with Gasteiger partial charge in [0.15, 0.2) is 6.23 Å². The Morgan fingerprint density at radius 3 is 2.75 bits per heavy atom. The van der Waals surface area contributed by atoms with Gasteiger partial charge in [0.25, 0.3) is 0 Å². The summed E-state index contributed by atoms with van der Waals surface area (Å²) < 4.78 is 5.18. The van der Waals surface area contributed by atoms with E-state index in [0.29, 0.717) is 0 Å². The van der Waals surface area contributed by atoms with E-state index in [9.17, 15) is 4.79 Å². The predicted molar refractivity (Wildman–Crippen MR) is 61.6 cm³/mol. The first-order valence-corrected chi connectivity index (χ1v) is 5.43. The minimum atomic E-state index is -0.251. The van der Waals surface area contributed by atoms with Gasteiger partial charge in [-0.15, -0.1) is 0 Å². The molecule has 4 heteroatoms. The smallest absolute Gasteiger partial charge is 0.304 e. The molecule has 4 nitrogen and oxygen atoms in total. The van der Waals surface area contributed by atoms with Crippen molar-refractivity contribution in [2.75, 3.05) is 11.6 Å². The summed E-state index contributed by atoms with van der Waals surface area (Å²) in [6.45, 7) is 4.32. The van der Waals surface area contributed by atoms with Crippen LogP contribution in [0.15, 0.2) is 30.3 Å². The molecule has 0 aromatic heterocycles. The maximum absolute atomic E-state index is 10.9. The number of nitrogens with zero attached hydrogens (tertiary/aromatic N) is 1. The minimum absolute atomic E-state index is 0.224. The first kappa shape index (κ1) is 11.0. The minimum Gasteiger partial charge on any atom is -0.445 e. The largest absolute Gasteiger partial charge is 0.445 e. The van der Waals surface area contributed by atoms with Gasteiger partial charge in [-0.1, -0.05) is 25.1 Å². The average Bonchev–Trinajstić information content (AvgIpc) is 2.61. The standard InChI is InChI=1S/C12H16N2O2/c1-9-8-14(11-6-4-3-5-7-11)13-12(9)16-10(2)15/h3-7,9,12-13H,8H2,1-2H3. The van der Waals surface area contributed by atoms with E-state index in [1.54, 1.807) is 0 Å². The summed E-state index contributed by atoms with van der Waals surface area (Å²) in [5.74, 6) is 0.0309. The molecule has 1 heterocycles. The highest BCUT2D eigenvalue weighted by atomic mass is 16.6. The van der Waals surface area contributed by atoms with Gasteiger partial charge in [-0.25, -0.2) is 0 Å². The topological polar surface area (TPSA) is 41.6 Å². The van der Waals surface area contributed by atoms with Crippen molar-refractivity contribution in [1.29, 1.82) is 0 Å². The zero-order chi connectivity index (χ0) is 11.5. The average molecular weight is 220 g/mol. The Labute approximate surface area is 95.2 Å². The van der Waals surface area contributed by atoms with Crippen LogP contribution >= 0.6 is 0 Å². The molecule has 1 N–H and O–H groups in total. The van der Waals surface area contributed by atoms with Crippen LogP contribution in [-0.2, 0) is 9.53 Å². The van der Waals surface area contributed by atoms with Gasteiger partial charge in [0.1, 0.15) is 0 Å². The second kappa shape index (κ2) is 4.53. The molecule has 0 radical (unpaired) electrons. The monoisotopic (exact) mass is 220 g/mol. The predicted octanol–water partition coefficient (Wildman–Crippen LogP) is 1.54. The van der Waals surface area contributed by atoms with Crippen molar-refractivity contribution in [1.82, 2.24) is 5.43 Å². The van der Waals surface area contributed by atoms with Gasteiger partial charge in [-0.3, -0.25) is 4.79 Å². The number of carbonyl (C=O) groups excluding carboxylic acids is 1. The molecule has 2 atom stereocenters. The molecule has 0 saturated carbocycles. The van der Waals surface area contributed by atoms with Gasteiger partial charge >= 0.3 is 5.97 Å². The lowest BCUT2D eigenvalue weighted by atomic mass is 10.2. The number of carbonyl (C=O) groups is 1. The Bertz CT molecular complexity index is 367. The van der Waals surface area contributed by atoms with Crippen LogP contribution in [0.3, 0.4) is 0 Å². The Balaban J connectivity index is 2.04. The molecule has 2 unspecified atom stereocenters. The zero-order valence-electron chi connectivity index (χ0n) is 9.51. The van der Waals surface area contributed by atoms with Gasteiger partial charge in [-0.2, -0.15) is 5.43 Å². The van der Waals surface area contributed by atoms with Crippen molar-refractivity contribution >= 4 is 11.7 Å². The lowest BCUT2D eigenvalue weighted by molar-refractivity contribution is -0.148. The number of rotatable bonds is 2. The molecule has 1 saturated heterocycles. The first-order valence-electron chi connectivity index (χ1n) is 5.43. The molecule has 1 aliphatic heterocycles. The Morgan fingerprint density at radius 2 is 2.12 bits per heavy atom. The third-order valence-electron chi connectivity index (χ3n) is 2.63. The molecule has 0 aliphatic carbocycles. The number of para-hydroxylation sites is 1. The molecule has 0 spiro atoms. The van der Waals surface area contributed by atoms with Crippen LogP contribution in [0, 0.1) is 5.92 Å². The van der Waals surface area contributed by atoms with Crippen LogP contribution in [0.25, 0.3) is 0 Å². The fraction of sp³-hybridized carbons (Fsp3) is 0.417. The van der Waals surface area contributed by atoms with Gasteiger partial charge in [0.05, 0.1) is 5.69 Å². The summed E-state index contributed by atoms with van der Waals surface area (Å²) in [6.07, 6.45) is -0.224. The number of hydrogen-bond acceptors (Lipinski definition) is 4. The second-order valence-corrected chi connectivity index (χ2v) is 4.08. The van der Waals surface area contributed by atoms with Crippen LogP contribution < -0.4 is 10.4 Å². The number of hydrazine groups is 1. The van der Waals surface area contributed by atoms with Gasteiger partial charge in [0.2, 0.25) is 0 Å². The van der Waals surface area contributed by atoms with Crippen molar-refractivity contribution < 1.29 is 9.53 Å². The van der Waals surface area contributed by atoms with Crippen molar-refractivity contribution in [2.45, 2.75) is 20.1 Å². The quantitative estimate of drug-likeness (QED) is 0.768. The third kappa shape index (κ3) is 2.33. The molecule has 0 amide bonds. The van der Waals surface area contributed by atoms with Gasteiger partial charge < -0.3 is 9.75 Å². The summed E-state index contributed by atoms with van der Waals surface area (Å²) in [6, 6.07) is 10.00. The number of benzene rings is 1. The summed E-state index contributed by atoms with van der Waals surface area (Å²) >= 11 is 0. The number of ether oxygens (including phenoxy) is 1. The van der Waals surface area contributed by atoms with Crippen LogP contribution in [0.2, 0.25) is 0 Å². The van der Waals surface area contributed by atoms with E-state index in [1.807, 2.05) is 35.3 Å². The normalized spacial score (nSPS) is 24.5. The van der Waals surface area contributed by atoms with E-state index >= 15 is 0 Å². The Morgan fingerprint density at radius 1 is 1.44 bits per heavy atom. The highest BCUT2D eigenvalue weighted by molar-refractivity contribution is 5.66. The first-order chi connectivity index (χ1) is 7.66. The van der Waals surface area contributed by atoms with Gasteiger partial charge in [-0.05, 0) is 12.1 Å². The number of esters is 1. The molecule has 1 aromatic rings. The van der Waals surface area contributed by atoms with Crippen LogP contribution in [0.4, 0.5) is 5.69 Å². The SMILES string of the molecule is CC(=O)OC1NN(c2ccccc2)CC1C. The molecule has 1 aliphatic rings. The number of hydrogen-bond donors (Lipinski definition) is 1. The van der Waals surface area contributed by atoms with E-state index in [1.165, 1.54) is 6.92 Å². The maximum atomic E-state index is 10.9. The van der Waals surface area contributed by atoms with Crippen molar-refractivity contribution in [2.24, 2.45) is 5.92 Å². The lowest BCUT2D eigenvalue weighted by Gasteiger charge is -2.19.